The number of ether oxygens (including phenoxy) is 1. The number of thioether (sulfide) groups is 1. The molecule has 0 unspecified atom stereocenters. The number of carbonyl (C=O) groups excluding carboxylic acids is 2. The van der Waals surface area contributed by atoms with Gasteiger partial charge in [0.1, 0.15) is 5.82 Å². The summed E-state index contributed by atoms with van der Waals surface area (Å²) >= 11 is 1.22. The van der Waals surface area contributed by atoms with Crippen LogP contribution in [0.3, 0.4) is 0 Å². The van der Waals surface area contributed by atoms with Gasteiger partial charge in [-0.1, -0.05) is 54.6 Å². The summed E-state index contributed by atoms with van der Waals surface area (Å²) in [5.41, 5.74) is 3.65. The fraction of sp³-hybridized carbons (Fsp3) is 0.200. The van der Waals surface area contributed by atoms with E-state index in [1.165, 1.54) is 36.0 Å². The Morgan fingerprint density at radius 2 is 1.44 bits per heavy atom. The number of hydrogen-bond acceptors (Lipinski definition) is 4. The molecule has 0 aromatic heterocycles. The molecule has 3 aromatic rings. The highest BCUT2D eigenvalue weighted by molar-refractivity contribution is 8.00. The molecule has 2 amide bonds. The van der Waals surface area contributed by atoms with E-state index < -0.39 is 0 Å². The van der Waals surface area contributed by atoms with Crippen molar-refractivity contribution in [3.05, 3.63) is 101 Å². The van der Waals surface area contributed by atoms with Crippen molar-refractivity contribution >= 4 is 29.3 Å². The van der Waals surface area contributed by atoms with Crippen LogP contribution in [0, 0.1) is 5.82 Å². The topological polar surface area (TPSA) is 67.4 Å². The second-order valence-corrected chi connectivity index (χ2v) is 8.06. The minimum absolute atomic E-state index is 0.134. The van der Waals surface area contributed by atoms with Crippen LogP contribution in [0.1, 0.15) is 16.7 Å². The predicted octanol–water partition coefficient (Wildman–Crippen LogP) is 4.53. The fourth-order valence-electron chi connectivity index (χ4n) is 2.94. The first-order chi connectivity index (χ1) is 15.6. The first kappa shape index (κ1) is 23.5. The Hall–Kier alpha value is -3.16. The average Bonchev–Trinajstić information content (AvgIpc) is 2.81. The molecule has 0 aliphatic carbocycles. The highest BCUT2D eigenvalue weighted by Gasteiger charge is 2.08. The lowest BCUT2D eigenvalue weighted by Crippen LogP contribution is -2.26. The van der Waals surface area contributed by atoms with E-state index >= 15 is 0 Å². The van der Waals surface area contributed by atoms with Crippen LogP contribution in [-0.2, 0) is 34.1 Å². The van der Waals surface area contributed by atoms with E-state index in [2.05, 4.69) is 10.6 Å². The molecule has 5 nitrogen and oxygen atoms in total. The molecule has 2 N–H and O–H groups in total. The molecule has 32 heavy (non-hydrogen) atoms. The molecule has 0 saturated heterocycles. The van der Waals surface area contributed by atoms with E-state index in [9.17, 15) is 14.0 Å². The van der Waals surface area contributed by atoms with Gasteiger partial charge in [0.05, 0.1) is 24.7 Å². The smallest absolute Gasteiger partial charge is 0.234 e. The number of nitrogens with one attached hydrogen (secondary N) is 2. The van der Waals surface area contributed by atoms with Crippen molar-refractivity contribution in [1.29, 1.82) is 0 Å². The summed E-state index contributed by atoms with van der Waals surface area (Å²) in [7, 11) is 0. The zero-order valence-corrected chi connectivity index (χ0v) is 18.4. The van der Waals surface area contributed by atoms with E-state index in [1.807, 2.05) is 54.6 Å². The van der Waals surface area contributed by atoms with Crippen molar-refractivity contribution in [3.63, 3.8) is 0 Å². The minimum Gasteiger partial charge on any atom is -0.372 e. The van der Waals surface area contributed by atoms with Gasteiger partial charge in [0.15, 0.2) is 0 Å². The van der Waals surface area contributed by atoms with Gasteiger partial charge in [-0.15, -0.1) is 11.8 Å². The van der Waals surface area contributed by atoms with Crippen molar-refractivity contribution in [2.75, 3.05) is 16.8 Å². The van der Waals surface area contributed by atoms with Gasteiger partial charge in [-0.05, 0) is 41.0 Å². The van der Waals surface area contributed by atoms with Gasteiger partial charge in [-0.2, -0.15) is 0 Å². The van der Waals surface area contributed by atoms with Gasteiger partial charge in [-0.25, -0.2) is 4.39 Å². The molecule has 3 aromatic carbocycles. The molecule has 0 aliphatic rings. The SMILES string of the molecule is O=C(CSCC(=O)Nc1ccc(F)cc1)NCc1ccccc1COCc1ccccc1. The van der Waals surface area contributed by atoms with Crippen molar-refractivity contribution in [1.82, 2.24) is 5.32 Å². The van der Waals surface area contributed by atoms with Gasteiger partial charge in [0.2, 0.25) is 11.8 Å². The summed E-state index contributed by atoms with van der Waals surface area (Å²) in [6, 6.07) is 23.3. The summed E-state index contributed by atoms with van der Waals surface area (Å²) in [6.07, 6.45) is 0. The molecule has 0 aliphatic heterocycles. The van der Waals surface area contributed by atoms with Crippen LogP contribution in [0.5, 0.6) is 0 Å². The van der Waals surface area contributed by atoms with Crippen LogP contribution in [0.4, 0.5) is 10.1 Å². The Morgan fingerprint density at radius 3 is 2.19 bits per heavy atom. The number of carbonyl (C=O) groups is 2. The van der Waals surface area contributed by atoms with E-state index in [0.29, 0.717) is 25.4 Å². The first-order valence-corrected chi connectivity index (χ1v) is 11.3. The third kappa shape index (κ3) is 8.17. The molecule has 0 fully saturated rings. The number of hydrogen-bond donors (Lipinski definition) is 2. The van der Waals surface area contributed by atoms with E-state index in [1.54, 1.807) is 0 Å². The van der Waals surface area contributed by atoms with Crippen molar-refractivity contribution in [2.45, 2.75) is 19.8 Å². The molecular weight excluding hydrogens is 427 g/mol. The number of rotatable bonds is 11. The van der Waals surface area contributed by atoms with Crippen LogP contribution in [0.2, 0.25) is 0 Å². The van der Waals surface area contributed by atoms with Gasteiger partial charge in [0, 0.05) is 12.2 Å². The first-order valence-electron chi connectivity index (χ1n) is 10.2. The zero-order valence-electron chi connectivity index (χ0n) is 17.6. The van der Waals surface area contributed by atoms with Crippen LogP contribution in [0.15, 0.2) is 78.9 Å². The molecule has 7 heteroatoms. The second-order valence-electron chi connectivity index (χ2n) is 7.07. The van der Waals surface area contributed by atoms with Crippen molar-refractivity contribution in [2.24, 2.45) is 0 Å². The monoisotopic (exact) mass is 452 g/mol. The van der Waals surface area contributed by atoms with E-state index in [4.69, 9.17) is 4.74 Å². The summed E-state index contributed by atoms with van der Waals surface area (Å²) in [6.45, 7) is 1.38. The van der Waals surface area contributed by atoms with Gasteiger partial charge in [-0.3, -0.25) is 9.59 Å². The Balaban J connectivity index is 1.37. The standard InChI is InChI=1S/C25H25FN2O3S/c26-22-10-12-23(13-11-22)28-25(30)18-32-17-24(29)27-14-20-8-4-5-9-21(20)16-31-15-19-6-2-1-3-7-19/h1-13H,14-18H2,(H,27,29)(H,28,30). The number of halogens is 1. The maximum Gasteiger partial charge on any atom is 0.234 e. The molecule has 0 saturated carbocycles. The summed E-state index contributed by atoms with van der Waals surface area (Å²) in [4.78, 5) is 24.1. The Kier molecular flexibility index (Phi) is 9.28. The quantitative estimate of drug-likeness (QED) is 0.449. The highest BCUT2D eigenvalue weighted by atomic mass is 32.2. The molecule has 0 bridgehead atoms. The molecular formula is C25H25FN2O3S. The molecule has 0 spiro atoms. The second kappa shape index (κ2) is 12.6. The lowest BCUT2D eigenvalue weighted by molar-refractivity contribution is -0.118. The summed E-state index contributed by atoms with van der Waals surface area (Å²) < 4.78 is 18.7. The number of anilines is 1. The lowest BCUT2D eigenvalue weighted by Gasteiger charge is -2.11. The largest absolute Gasteiger partial charge is 0.372 e. The molecule has 0 atom stereocenters. The third-order valence-electron chi connectivity index (χ3n) is 4.56. The molecule has 166 valence electrons. The molecule has 3 rings (SSSR count). The van der Waals surface area contributed by atoms with Crippen LogP contribution in [0.25, 0.3) is 0 Å². The van der Waals surface area contributed by atoms with E-state index in [-0.39, 0.29) is 29.1 Å². The minimum atomic E-state index is -0.363. The Labute approximate surface area is 191 Å². The van der Waals surface area contributed by atoms with Crippen LogP contribution < -0.4 is 10.6 Å². The Morgan fingerprint density at radius 1 is 0.781 bits per heavy atom. The summed E-state index contributed by atoms with van der Waals surface area (Å²) in [5, 5.41) is 5.56. The van der Waals surface area contributed by atoms with Gasteiger partial charge >= 0.3 is 0 Å². The lowest BCUT2D eigenvalue weighted by atomic mass is 10.1. The number of amides is 2. The van der Waals surface area contributed by atoms with Crippen LogP contribution in [-0.4, -0.2) is 23.3 Å². The normalized spacial score (nSPS) is 10.5. The van der Waals surface area contributed by atoms with E-state index in [0.717, 1.165) is 16.7 Å². The highest BCUT2D eigenvalue weighted by Crippen LogP contribution is 2.13. The molecule has 0 heterocycles. The van der Waals surface area contributed by atoms with Gasteiger partial charge < -0.3 is 15.4 Å². The van der Waals surface area contributed by atoms with Gasteiger partial charge in [0.25, 0.3) is 0 Å². The maximum absolute atomic E-state index is 12.9. The van der Waals surface area contributed by atoms with Crippen molar-refractivity contribution in [3.8, 4) is 0 Å². The maximum atomic E-state index is 12.9. The molecule has 0 radical (unpaired) electrons. The Bertz CT molecular complexity index is 1010. The fourth-order valence-corrected chi connectivity index (χ4v) is 3.58. The number of benzene rings is 3. The average molecular weight is 453 g/mol. The predicted molar refractivity (Wildman–Crippen MR) is 126 cm³/mol. The zero-order chi connectivity index (χ0) is 22.6. The van der Waals surface area contributed by atoms with Crippen LogP contribution >= 0.6 is 11.8 Å². The van der Waals surface area contributed by atoms with Crippen molar-refractivity contribution < 1.29 is 18.7 Å². The summed E-state index contributed by atoms with van der Waals surface area (Å²) in [5.74, 6) is -0.448. The third-order valence-corrected chi connectivity index (χ3v) is 5.49.